The number of carbonyl (C=O) groups is 1. The summed E-state index contributed by atoms with van der Waals surface area (Å²) in [7, 11) is 1.50. The molecule has 0 aromatic rings. The zero-order valence-electron chi connectivity index (χ0n) is 9.30. The van der Waals surface area contributed by atoms with E-state index in [0.717, 1.165) is 12.8 Å². The molecular weight excluding hydrogens is 182 g/mol. The standard InChI is InChI=1S/C10H21NO3/c1-10(2,5-4-6-12)8-11-9(13)7-14-3/h12H,4-8H2,1-3H3,(H,11,13). The van der Waals surface area contributed by atoms with Crippen LogP contribution in [0.4, 0.5) is 0 Å². The lowest BCUT2D eigenvalue weighted by atomic mass is 9.88. The maximum Gasteiger partial charge on any atom is 0.246 e. The lowest BCUT2D eigenvalue weighted by Gasteiger charge is -2.24. The average molecular weight is 203 g/mol. The number of nitrogens with one attached hydrogen (secondary N) is 1. The zero-order chi connectivity index (χ0) is 11.0. The number of methoxy groups -OCH3 is 1. The Kier molecular flexibility index (Phi) is 6.49. The van der Waals surface area contributed by atoms with Crippen LogP contribution in [0.15, 0.2) is 0 Å². The second kappa shape index (κ2) is 6.79. The van der Waals surface area contributed by atoms with E-state index in [1.165, 1.54) is 7.11 Å². The van der Waals surface area contributed by atoms with E-state index >= 15 is 0 Å². The molecule has 0 unspecified atom stereocenters. The first-order chi connectivity index (χ1) is 6.52. The predicted molar refractivity (Wildman–Crippen MR) is 55.0 cm³/mol. The SMILES string of the molecule is COCC(=O)NCC(C)(C)CCCO. The van der Waals surface area contributed by atoms with E-state index in [4.69, 9.17) is 9.84 Å². The van der Waals surface area contributed by atoms with Gasteiger partial charge in [-0.15, -0.1) is 0 Å². The van der Waals surface area contributed by atoms with Crippen molar-refractivity contribution in [2.24, 2.45) is 5.41 Å². The quantitative estimate of drug-likeness (QED) is 0.635. The molecule has 0 saturated carbocycles. The van der Waals surface area contributed by atoms with Gasteiger partial charge in [0.15, 0.2) is 0 Å². The molecule has 84 valence electrons. The molecule has 1 amide bonds. The Morgan fingerprint density at radius 3 is 2.64 bits per heavy atom. The second-order valence-corrected chi connectivity index (χ2v) is 4.20. The molecule has 14 heavy (non-hydrogen) atoms. The smallest absolute Gasteiger partial charge is 0.246 e. The lowest BCUT2D eigenvalue weighted by Crippen LogP contribution is -2.36. The van der Waals surface area contributed by atoms with Crippen LogP contribution < -0.4 is 5.32 Å². The minimum atomic E-state index is -0.0930. The normalized spacial score (nSPS) is 11.4. The van der Waals surface area contributed by atoms with E-state index in [9.17, 15) is 4.79 Å². The Hall–Kier alpha value is -0.610. The van der Waals surface area contributed by atoms with Crippen LogP contribution in [0.2, 0.25) is 0 Å². The number of ether oxygens (including phenoxy) is 1. The van der Waals surface area contributed by atoms with Gasteiger partial charge in [-0.25, -0.2) is 0 Å². The topological polar surface area (TPSA) is 58.6 Å². The molecule has 0 rings (SSSR count). The number of carbonyl (C=O) groups excluding carboxylic acids is 1. The molecule has 0 radical (unpaired) electrons. The summed E-state index contributed by atoms with van der Waals surface area (Å²) in [6, 6.07) is 0. The van der Waals surface area contributed by atoms with E-state index in [0.29, 0.717) is 6.54 Å². The average Bonchev–Trinajstić information content (AvgIpc) is 2.13. The van der Waals surface area contributed by atoms with E-state index in [-0.39, 0.29) is 24.5 Å². The highest BCUT2D eigenvalue weighted by Gasteiger charge is 2.17. The van der Waals surface area contributed by atoms with Crippen molar-refractivity contribution >= 4 is 5.91 Å². The summed E-state index contributed by atoms with van der Waals surface area (Å²) in [4.78, 5) is 11.1. The van der Waals surface area contributed by atoms with Crippen molar-refractivity contribution in [2.45, 2.75) is 26.7 Å². The number of amides is 1. The van der Waals surface area contributed by atoms with Gasteiger partial charge in [0, 0.05) is 20.3 Å². The van der Waals surface area contributed by atoms with Crippen molar-refractivity contribution in [3.63, 3.8) is 0 Å². The fraction of sp³-hybridized carbons (Fsp3) is 0.900. The van der Waals surface area contributed by atoms with Gasteiger partial charge < -0.3 is 15.2 Å². The number of aliphatic hydroxyl groups is 1. The zero-order valence-corrected chi connectivity index (χ0v) is 9.30. The highest BCUT2D eigenvalue weighted by molar-refractivity contribution is 5.77. The van der Waals surface area contributed by atoms with Crippen LogP contribution in [-0.2, 0) is 9.53 Å². The van der Waals surface area contributed by atoms with Crippen molar-refractivity contribution in [3.8, 4) is 0 Å². The van der Waals surface area contributed by atoms with Gasteiger partial charge in [-0.3, -0.25) is 4.79 Å². The first-order valence-corrected chi connectivity index (χ1v) is 4.88. The molecule has 2 N–H and O–H groups in total. The molecule has 0 bridgehead atoms. The van der Waals surface area contributed by atoms with Crippen molar-refractivity contribution < 1.29 is 14.6 Å². The van der Waals surface area contributed by atoms with Crippen LogP contribution in [0.5, 0.6) is 0 Å². The lowest BCUT2D eigenvalue weighted by molar-refractivity contribution is -0.125. The van der Waals surface area contributed by atoms with Crippen molar-refractivity contribution in [2.75, 3.05) is 26.9 Å². The third-order valence-corrected chi connectivity index (χ3v) is 2.05. The third kappa shape index (κ3) is 6.86. The molecule has 0 aliphatic heterocycles. The van der Waals surface area contributed by atoms with Gasteiger partial charge in [0.25, 0.3) is 0 Å². The van der Waals surface area contributed by atoms with Crippen molar-refractivity contribution in [1.29, 1.82) is 0 Å². The Morgan fingerprint density at radius 2 is 2.14 bits per heavy atom. The number of rotatable bonds is 7. The van der Waals surface area contributed by atoms with Gasteiger partial charge in [0.1, 0.15) is 6.61 Å². The van der Waals surface area contributed by atoms with Crippen LogP contribution in [0, 0.1) is 5.41 Å². The van der Waals surface area contributed by atoms with Crippen LogP contribution in [0.3, 0.4) is 0 Å². The molecule has 0 spiro atoms. The molecule has 0 aromatic heterocycles. The molecule has 4 heteroatoms. The second-order valence-electron chi connectivity index (χ2n) is 4.20. The summed E-state index contributed by atoms with van der Waals surface area (Å²) < 4.78 is 4.70. The highest BCUT2D eigenvalue weighted by atomic mass is 16.5. The molecule has 0 heterocycles. The fourth-order valence-electron chi connectivity index (χ4n) is 1.17. The summed E-state index contributed by atoms with van der Waals surface area (Å²) >= 11 is 0. The summed E-state index contributed by atoms with van der Waals surface area (Å²) in [5.74, 6) is -0.0930. The first kappa shape index (κ1) is 13.4. The maximum absolute atomic E-state index is 11.1. The predicted octanol–water partition coefficient (Wildman–Crippen LogP) is 0.548. The minimum Gasteiger partial charge on any atom is -0.396 e. The van der Waals surface area contributed by atoms with Crippen LogP contribution >= 0.6 is 0 Å². The van der Waals surface area contributed by atoms with Gasteiger partial charge >= 0.3 is 0 Å². The summed E-state index contributed by atoms with van der Waals surface area (Å²) in [6.45, 7) is 5.06. The fourth-order valence-corrected chi connectivity index (χ4v) is 1.17. The maximum atomic E-state index is 11.1. The minimum absolute atomic E-state index is 0.0339. The largest absolute Gasteiger partial charge is 0.396 e. The Bertz CT molecular complexity index is 169. The van der Waals surface area contributed by atoms with Crippen LogP contribution in [0.25, 0.3) is 0 Å². The molecule has 0 saturated heterocycles. The summed E-state index contributed by atoms with van der Waals surface area (Å²) in [6.07, 6.45) is 1.67. The van der Waals surface area contributed by atoms with Gasteiger partial charge in [-0.1, -0.05) is 13.8 Å². The molecule has 4 nitrogen and oxygen atoms in total. The van der Waals surface area contributed by atoms with Gasteiger partial charge in [0.2, 0.25) is 5.91 Å². The van der Waals surface area contributed by atoms with Gasteiger partial charge in [0.05, 0.1) is 0 Å². The van der Waals surface area contributed by atoms with Crippen molar-refractivity contribution in [1.82, 2.24) is 5.32 Å². The molecule has 0 fully saturated rings. The van der Waals surface area contributed by atoms with Crippen molar-refractivity contribution in [3.05, 3.63) is 0 Å². The summed E-state index contributed by atoms with van der Waals surface area (Å²) in [5, 5.41) is 11.5. The molecule has 0 aliphatic rings. The van der Waals surface area contributed by atoms with Crippen LogP contribution in [0.1, 0.15) is 26.7 Å². The van der Waals surface area contributed by atoms with Gasteiger partial charge in [-0.2, -0.15) is 0 Å². The number of hydrogen-bond acceptors (Lipinski definition) is 3. The highest BCUT2D eigenvalue weighted by Crippen LogP contribution is 2.20. The van der Waals surface area contributed by atoms with Gasteiger partial charge in [-0.05, 0) is 18.3 Å². The third-order valence-electron chi connectivity index (χ3n) is 2.05. The monoisotopic (exact) mass is 203 g/mol. The molecular formula is C10H21NO3. The summed E-state index contributed by atoms with van der Waals surface area (Å²) in [5.41, 5.74) is 0.0339. The molecule has 0 aliphatic carbocycles. The van der Waals surface area contributed by atoms with E-state index in [2.05, 4.69) is 19.2 Å². The molecule has 0 atom stereocenters. The van der Waals surface area contributed by atoms with E-state index < -0.39 is 0 Å². The van der Waals surface area contributed by atoms with E-state index in [1.54, 1.807) is 0 Å². The Morgan fingerprint density at radius 1 is 1.50 bits per heavy atom. The number of hydrogen-bond donors (Lipinski definition) is 2. The first-order valence-electron chi connectivity index (χ1n) is 4.88. The number of aliphatic hydroxyl groups excluding tert-OH is 1. The van der Waals surface area contributed by atoms with Crippen LogP contribution in [-0.4, -0.2) is 37.9 Å². The Balaban J connectivity index is 3.68. The van der Waals surface area contributed by atoms with E-state index in [1.807, 2.05) is 0 Å². The molecule has 0 aromatic carbocycles. The Labute approximate surface area is 85.6 Å².